The van der Waals surface area contributed by atoms with Gasteiger partial charge in [-0.1, -0.05) is 12.1 Å². The third-order valence-electron chi connectivity index (χ3n) is 0.958. The molecule has 17 heteroatoms. The maximum absolute atomic E-state index is 12.3. The monoisotopic (exact) mass is 409 g/mol. The van der Waals surface area contributed by atoms with Crippen molar-refractivity contribution in [1.29, 1.82) is 0 Å². The standard InChI is InChI=1S/C7H6F.3BF4.K/c1-6-4-2-3-5-7(6)8;3*2-1(3,4)5;/h2-5H,1H2;;;;/q4*-1;+1. The summed E-state index contributed by atoms with van der Waals surface area (Å²) in [5, 5.41) is 0. The van der Waals surface area contributed by atoms with Crippen molar-refractivity contribution in [3.63, 3.8) is 0 Å². The summed E-state index contributed by atoms with van der Waals surface area (Å²) in [7, 11) is -18.0. The first-order valence-electron chi connectivity index (χ1n) is 4.99. The molecule has 0 saturated carbocycles. The Hall–Kier alpha value is 0.0112. The number of hydrogen-bond acceptors (Lipinski definition) is 0. The second-order valence-electron chi connectivity index (χ2n) is 3.08. The molecule has 0 aliphatic heterocycles. The molecular formula is C7H6B3F13K-3. The van der Waals surface area contributed by atoms with Crippen molar-refractivity contribution in [1.82, 2.24) is 0 Å². The Balaban J connectivity index is -0.000000113. The van der Waals surface area contributed by atoms with E-state index in [1.807, 2.05) is 0 Å². The van der Waals surface area contributed by atoms with Gasteiger partial charge in [-0.15, -0.1) is 6.07 Å². The van der Waals surface area contributed by atoms with Gasteiger partial charge >= 0.3 is 73.1 Å². The summed E-state index contributed by atoms with van der Waals surface area (Å²) in [6.45, 7) is 3.45. The summed E-state index contributed by atoms with van der Waals surface area (Å²) in [4.78, 5) is 0. The molecule has 24 heavy (non-hydrogen) atoms. The third-order valence-corrected chi connectivity index (χ3v) is 0.958. The van der Waals surface area contributed by atoms with Crippen LogP contribution in [-0.2, 0) is 0 Å². The van der Waals surface area contributed by atoms with Gasteiger partial charge < -0.3 is 51.8 Å². The molecule has 0 saturated heterocycles. The molecule has 0 unspecified atom stereocenters. The van der Waals surface area contributed by atoms with Crippen LogP contribution in [0.4, 0.5) is 56.2 Å². The van der Waals surface area contributed by atoms with Gasteiger partial charge in [-0.05, 0) is 0 Å². The molecule has 1 aromatic rings. The average Bonchev–Trinajstić information content (AvgIpc) is 2.14. The van der Waals surface area contributed by atoms with Gasteiger partial charge in [0.05, 0.1) is 0 Å². The van der Waals surface area contributed by atoms with E-state index in [1.54, 1.807) is 18.2 Å². The first-order chi connectivity index (χ1) is 9.80. The molecule has 0 spiro atoms. The molecule has 0 aliphatic rings. The molecule has 0 fully saturated rings. The van der Waals surface area contributed by atoms with E-state index >= 15 is 0 Å². The molecule has 0 heterocycles. The minimum Gasteiger partial charge on any atom is -0.418 e. The summed E-state index contributed by atoms with van der Waals surface area (Å²) in [6, 6.07) is 6.42. The molecule has 0 N–H and O–H groups in total. The van der Waals surface area contributed by atoms with E-state index in [4.69, 9.17) is 0 Å². The third kappa shape index (κ3) is 80.1. The predicted octanol–water partition coefficient (Wildman–Crippen LogP) is 2.91. The molecular weight excluding hydrogens is 403 g/mol. The molecule has 138 valence electrons. The zero-order valence-electron chi connectivity index (χ0n) is 11.7. The van der Waals surface area contributed by atoms with E-state index < -0.39 is 21.8 Å². The molecule has 0 bridgehead atoms. The summed E-state index contributed by atoms with van der Waals surface area (Å²) in [6.07, 6.45) is 0. The number of halogens is 13. The molecule has 0 radical (unpaired) electrons. The Kier molecular flexibility index (Phi) is 18.8. The van der Waals surface area contributed by atoms with E-state index in [0.29, 0.717) is 5.56 Å². The minimum atomic E-state index is -6.00. The van der Waals surface area contributed by atoms with Crippen LogP contribution in [0.3, 0.4) is 0 Å². The predicted molar refractivity (Wildman–Crippen MR) is 61.4 cm³/mol. The van der Waals surface area contributed by atoms with Crippen LogP contribution in [0, 0.1) is 12.7 Å². The van der Waals surface area contributed by atoms with Crippen LogP contribution < -0.4 is 51.4 Å². The summed E-state index contributed by atoms with van der Waals surface area (Å²) in [5.74, 6) is -0.243. The van der Waals surface area contributed by atoms with Crippen LogP contribution in [0.5, 0.6) is 0 Å². The molecule has 1 aromatic carbocycles. The van der Waals surface area contributed by atoms with Gasteiger partial charge in [-0.3, -0.25) is 4.39 Å². The zero-order valence-corrected chi connectivity index (χ0v) is 14.8. The number of benzene rings is 1. The molecule has 1 rings (SSSR count). The Morgan fingerprint density at radius 3 is 0.917 bits per heavy atom. The van der Waals surface area contributed by atoms with Gasteiger partial charge in [0.25, 0.3) is 0 Å². The van der Waals surface area contributed by atoms with Crippen LogP contribution in [0.25, 0.3) is 0 Å². The number of rotatable bonds is 0. The van der Waals surface area contributed by atoms with Crippen LogP contribution >= 0.6 is 0 Å². The van der Waals surface area contributed by atoms with Crippen molar-refractivity contribution in [2.75, 3.05) is 0 Å². The van der Waals surface area contributed by atoms with Gasteiger partial charge in [0.1, 0.15) is 0 Å². The summed E-state index contributed by atoms with van der Waals surface area (Å²) >= 11 is 0. The topological polar surface area (TPSA) is 0 Å². The minimum absolute atomic E-state index is 0. The van der Waals surface area contributed by atoms with Gasteiger partial charge in [-0.2, -0.15) is 18.6 Å². The second kappa shape index (κ2) is 14.2. The Morgan fingerprint density at radius 2 is 0.792 bits per heavy atom. The molecule has 0 nitrogen and oxygen atoms in total. The zero-order chi connectivity index (χ0) is 19.5. The SMILES string of the molecule is F[B-](F)(F)F.F[B-](F)(F)F.F[B-](F)(F)F.[CH2-]c1ccccc1F.[K+]. The Bertz CT molecular complexity index is 348. The van der Waals surface area contributed by atoms with Crippen molar-refractivity contribution in [2.24, 2.45) is 0 Å². The first kappa shape index (κ1) is 31.8. The van der Waals surface area contributed by atoms with Gasteiger partial charge in [0.15, 0.2) is 0 Å². The fraction of sp³-hybridized carbons (Fsp3) is 0. The van der Waals surface area contributed by atoms with E-state index in [1.165, 1.54) is 6.07 Å². The Labute approximate surface area is 170 Å². The molecule has 0 aliphatic carbocycles. The van der Waals surface area contributed by atoms with Crippen molar-refractivity contribution in [2.45, 2.75) is 0 Å². The maximum Gasteiger partial charge on any atom is 1.00 e. The molecule has 0 amide bonds. The summed E-state index contributed by atoms with van der Waals surface area (Å²) in [5.41, 5.74) is 0.451. The van der Waals surface area contributed by atoms with Crippen LogP contribution in [-0.4, -0.2) is 21.8 Å². The average molecular weight is 409 g/mol. The smallest absolute Gasteiger partial charge is 0.418 e. The van der Waals surface area contributed by atoms with Crippen LogP contribution in [0.1, 0.15) is 5.56 Å². The van der Waals surface area contributed by atoms with E-state index in [-0.39, 0.29) is 57.2 Å². The van der Waals surface area contributed by atoms with Crippen LogP contribution in [0.15, 0.2) is 24.3 Å². The first-order valence-corrected chi connectivity index (χ1v) is 4.99. The Morgan fingerprint density at radius 1 is 0.583 bits per heavy atom. The van der Waals surface area contributed by atoms with Crippen molar-refractivity contribution in [3.8, 4) is 0 Å². The van der Waals surface area contributed by atoms with Crippen molar-refractivity contribution >= 4 is 21.8 Å². The van der Waals surface area contributed by atoms with Crippen molar-refractivity contribution in [3.05, 3.63) is 42.6 Å². The van der Waals surface area contributed by atoms with E-state index in [9.17, 15) is 56.2 Å². The largest absolute Gasteiger partial charge is 1.00 e. The van der Waals surface area contributed by atoms with Gasteiger partial charge in [0, 0.05) is 5.82 Å². The van der Waals surface area contributed by atoms with Crippen molar-refractivity contribution < 1.29 is 108 Å². The number of hydrogen-bond donors (Lipinski definition) is 0. The van der Waals surface area contributed by atoms with Crippen LogP contribution in [0.2, 0.25) is 0 Å². The molecule has 0 aromatic heterocycles. The second-order valence-corrected chi connectivity index (χ2v) is 3.08. The molecule has 0 atom stereocenters. The normalized spacial score (nSPS) is 10.5. The quantitative estimate of drug-likeness (QED) is 0.352. The van der Waals surface area contributed by atoms with E-state index in [0.717, 1.165) is 0 Å². The van der Waals surface area contributed by atoms with Gasteiger partial charge in [-0.25, -0.2) is 0 Å². The maximum atomic E-state index is 12.3. The fourth-order valence-electron chi connectivity index (χ4n) is 0.498. The van der Waals surface area contributed by atoms with E-state index in [2.05, 4.69) is 6.92 Å². The van der Waals surface area contributed by atoms with Gasteiger partial charge in [0.2, 0.25) is 0 Å². The fourth-order valence-corrected chi connectivity index (χ4v) is 0.498. The summed E-state index contributed by atoms with van der Waals surface area (Å²) < 4.78 is 129.